The van der Waals surface area contributed by atoms with Gasteiger partial charge < -0.3 is 0 Å². The van der Waals surface area contributed by atoms with Crippen LogP contribution in [0.3, 0.4) is 0 Å². The third-order valence-electron chi connectivity index (χ3n) is 1.86. The van der Waals surface area contributed by atoms with Crippen molar-refractivity contribution in [3.8, 4) is 10.7 Å². The predicted molar refractivity (Wildman–Crippen MR) is 54.1 cm³/mol. The topological polar surface area (TPSA) is 43.1 Å². The van der Waals surface area contributed by atoms with Gasteiger partial charge in [0.2, 0.25) is 4.96 Å². The van der Waals surface area contributed by atoms with Crippen molar-refractivity contribution in [2.24, 2.45) is 0 Å². The molecule has 0 aliphatic carbocycles. The van der Waals surface area contributed by atoms with Crippen LogP contribution in [0.1, 0.15) is 0 Å². The molecule has 0 radical (unpaired) electrons. The van der Waals surface area contributed by atoms with Crippen molar-refractivity contribution in [2.45, 2.75) is 0 Å². The largest absolute Gasteiger partial charge is 0.254 e. The van der Waals surface area contributed by atoms with Gasteiger partial charge in [-0.05, 0) is 12.1 Å². The molecule has 0 saturated heterocycles. The van der Waals surface area contributed by atoms with Crippen molar-refractivity contribution in [1.29, 1.82) is 0 Å². The molecule has 4 nitrogen and oxygen atoms in total. The first kappa shape index (κ1) is 7.64. The zero-order valence-corrected chi connectivity index (χ0v) is 7.98. The van der Waals surface area contributed by atoms with Crippen molar-refractivity contribution in [2.75, 3.05) is 0 Å². The Labute approximate surface area is 83.9 Å². The summed E-state index contributed by atoms with van der Waals surface area (Å²) in [6, 6.07) is 5.78. The lowest BCUT2D eigenvalue weighted by molar-refractivity contribution is 0.974. The minimum absolute atomic E-state index is 0.892. The second-order valence-corrected chi connectivity index (χ2v) is 3.73. The van der Waals surface area contributed by atoms with Gasteiger partial charge in [-0.2, -0.15) is 5.10 Å². The fourth-order valence-corrected chi connectivity index (χ4v) is 2.07. The van der Waals surface area contributed by atoms with Gasteiger partial charge in [0.05, 0.1) is 6.20 Å². The molecule has 0 unspecified atom stereocenters. The first-order valence-corrected chi connectivity index (χ1v) is 4.97. The van der Waals surface area contributed by atoms with E-state index < -0.39 is 0 Å². The standard InChI is InChI=1S/C9H6N4S/c1-2-4-10-7(3-1)8-12-13-6-5-11-9(13)14-8/h1-6H. The van der Waals surface area contributed by atoms with Crippen molar-refractivity contribution in [1.82, 2.24) is 19.6 Å². The summed E-state index contributed by atoms with van der Waals surface area (Å²) in [5.41, 5.74) is 0.892. The highest BCUT2D eigenvalue weighted by Crippen LogP contribution is 2.22. The minimum atomic E-state index is 0.892. The fraction of sp³-hybridized carbons (Fsp3) is 0. The van der Waals surface area contributed by atoms with E-state index in [0.717, 1.165) is 15.7 Å². The van der Waals surface area contributed by atoms with Gasteiger partial charge in [0.15, 0.2) is 5.01 Å². The van der Waals surface area contributed by atoms with E-state index in [9.17, 15) is 0 Å². The molecule has 0 saturated carbocycles. The van der Waals surface area contributed by atoms with Gasteiger partial charge in [-0.25, -0.2) is 9.50 Å². The molecule has 3 rings (SSSR count). The second kappa shape index (κ2) is 2.88. The molecule has 0 atom stereocenters. The molecular weight excluding hydrogens is 196 g/mol. The van der Waals surface area contributed by atoms with Crippen LogP contribution >= 0.6 is 11.3 Å². The molecule has 3 aromatic rings. The van der Waals surface area contributed by atoms with E-state index in [-0.39, 0.29) is 0 Å². The summed E-state index contributed by atoms with van der Waals surface area (Å²) in [5, 5.41) is 5.25. The third-order valence-corrected chi connectivity index (χ3v) is 2.82. The second-order valence-electron chi connectivity index (χ2n) is 2.78. The van der Waals surface area contributed by atoms with Crippen molar-refractivity contribution < 1.29 is 0 Å². The number of fused-ring (bicyclic) bond motifs is 1. The monoisotopic (exact) mass is 202 g/mol. The smallest absolute Gasteiger partial charge is 0.212 e. The normalized spacial score (nSPS) is 10.9. The Kier molecular flexibility index (Phi) is 1.57. The lowest BCUT2D eigenvalue weighted by Crippen LogP contribution is -1.83. The molecule has 0 aromatic carbocycles. The maximum Gasteiger partial charge on any atom is 0.212 e. The van der Waals surface area contributed by atoms with E-state index in [1.165, 1.54) is 11.3 Å². The zero-order chi connectivity index (χ0) is 9.38. The van der Waals surface area contributed by atoms with Crippen molar-refractivity contribution in [3.05, 3.63) is 36.8 Å². The summed E-state index contributed by atoms with van der Waals surface area (Å²) < 4.78 is 1.76. The Morgan fingerprint density at radius 1 is 1.14 bits per heavy atom. The van der Waals surface area contributed by atoms with Crippen LogP contribution in [0.4, 0.5) is 0 Å². The van der Waals surface area contributed by atoms with Gasteiger partial charge in [0.25, 0.3) is 0 Å². The summed E-state index contributed by atoms with van der Waals surface area (Å²) in [4.78, 5) is 9.28. The van der Waals surface area contributed by atoms with Crippen LogP contribution in [-0.2, 0) is 0 Å². The average molecular weight is 202 g/mol. The quantitative estimate of drug-likeness (QED) is 0.604. The van der Waals surface area contributed by atoms with Gasteiger partial charge in [0, 0.05) is 12.4 Å². The molecule has 0 fully saturated rings. The number of hydrogen-bond acceptors (Lipinski definition) is 4. The third kappa shape index (κ3) is 1.10. The Balaban J connectivity index is 2.19. The molecule has 5 heteroatoms. The molecule has 3 heterocycles. The van der Waals surface area contributed by atoms with E-state index in [1.54, 1.807) is 16.9 Å². The fourth-order valence-electron chi connectivity index (χ4n) is 1.23. The van der Waals surface area contributed by atoms with E-state index in [2.05, 4.69) is 15.1 Å². The van der Waals surface area contributed by atoms with Crippen LogP contribution in [0.15, 0.2) is 36.8 Å². The van der Waals surface area contributed by atoms with Crippen LogP contribution < -0.4 is 0 Å². The Bertz CT molecular complexity index is 526. The predicted octanol–water partition coefficient (Wildman–Crippen LogP) is 1.85. The molecular formula is C9H6N4S. The van der Waals surface area contributed by atoms with Crippen LogP contribution in [0.5, 0.6) is 0 Å². The van der Waals surface area contributed by atoms with Crippen LogP contribution in [-0.4, -0.2) is 19.6 Å². The molecule has 0 aliphatic heterocycles. The van der Waals surface area contributed by atoms with Crippen LogP contribution in [0.2, 0.25) is 0 Å². The Morgan fingerprint density at radius 3 is 2.93 bits per heavy atom. The number of hydrogen-bond donors (Lipinski definition) is 0. The first-order valence-electron chi connectivity index (χ1n) is 4.15. The Morgan fingerprint density at radius 2 is 2.14 bits per heavy atom. The molecule has 14 heavy (non-hydrogen) atoms. The summed E-state index contributed by atoms with van der Waals surface area (Å²) >= 11 is 1.54. The first-order chi connectivity index (χ1) is 6.93. The number of nitrogens with zero attached hydrogens (tertiary/aromatic N) is 4. The van der Waals surface area contributed by atoms with Gasteiger partial charge in [0.1, 0.15) is 5.69 Å². The summed E-state index contributed by atoms with van der Waals surface area (Å²) in [7, 11) is 0. The van der Waals surface area contributed by atoms with E-state index in [4.69, 9.17) is 0 Å². The SMILES string of the molecule is c1ccc(-c2nn3ccnc3s2)nc1. The van der Waals surface area contributed by atoms with Crippen molar-refractivity contribution >= 4 is 16.3 Å². The molecule has 3 aromatic heterocycles. The maximum absolute atomic E-state index is 4.35. The lowest BCUT2D eigenvalue weighted by atomic mass is 10.4. The Hall–Kier alpha value is -1.75. The number of aromatic nitrogens is 4. The lowest BCUT2D eigenvalue weighted by Gasteiger charge is -1.90. The maximum atomic E-state index is 4.35. The number of rotatable bonds is 1. The highest BCUT2D eigenvalue weighted by Gasteiger charge is 2.06. The average Bonchev–Trinajstić information content (AvgIpc) is 2.78. The number of imidazole rings is 1. The van der Waals surface area contributed by atoms with E-state index >= 15 is 0 Å². The molecule has 0 spiro atoms. The van der Waals surface area contributed by atoms with Crippen LogP contribution in [0.25, 0.3) is 15.7 Å². The highest BCUT2D eigenvalue weighted by molar-refractivity contribution is 7.19. The summed E-state index contributed by atoms with van der Waals surface area (Å²) in [6.45, 7) is 0. The molecule has 0 N–H and O–H groups in total. The molecule has 68 valence electrons. The number of pyridine rings is 1. The van der Waals surface area contributed by atoms with Crippen LogP contribution in [0, 0.1) is 0 Å². The minimum Gasteiger partial charge on any atom is -0.254 e. The van der Waals surface area contributed by atoms with Gasteiger partial charge in [-0.3, -0.25) is 4.98 Å². The van der Waals surface area contributed by atoms with Gasteiger partial charge >= 0.3 is 0 Å². The zero-order valence-electron chi connectivity index (χ0n) is 7.16. The van der Waals surface area contributed by atoms with Gasteiger partial charge in [-0.1, -0.05) is 17.4 Å². The van der Waals surface area contributed by atoms with Gasteiger partial charge in [-0.15, -0.1) is 0 Å². The summed E-state index contributed by atoms with van der Waals surface area (Å²) in [5.74, 6) is 0. The molecule has 0 amide bonds. The van der Waals surface area contributed by atoms with E-state index in [1.807, 2.05) is 24.4 Å². The van der Waals surface area contributed by atoms with E-state index in [0.29, 0.717) is 0 Å². The van der Waals surface area contributed by atoms with Crippen molar-refractivity contribution in [3.63, 3.8) is 0 Å². The highest BCUT2D eigenvalue weighted by atomic mass is 32.1. The molecule has 0 aliphatic rings. The molecule has 0 bridgehead atoms. The summed E-state index contributed by atoms with van der Waals surface area (Å²) in [6.07, 6.45) is 5.33.